The zero-order valence-electron chi connectivity index (χ0n) is 9.86. The van der Waals surface area contributed by atoms with Crippen LogP contribution in [0.4, 0.5) is 5.69 Å². The van der Waals surface area contributed by atoms with E-state index in [4.69, 9.17) is 69.6 Å². The third kappa shape index (κ3) is 3.67. The number of aromatic nitrogens is 1. The van der Waals surface area contributed by atoms with Crippen molar-refractivity contribution in [3.63, 3.8) is 0 Å². The molecule has 1 aromatic carbocycles. The van der Waals surface area contributed by atoms with E-state index in [1.54, 1.807) is 6.07 Å². The van der Waals surface area contributed by atoms with Gasteiger partial charge in [0.15, 0.2) is 0 Å². The lowest BCUT2D eigenvalue weighted by atomic mass is 10.3. The summed E-state index contributed by atoms with van der Waals surface area (Å²) in [6.07, 6.45) is 0. The molecule has 9 heteroatoms. The van der Waals surface area contributed by atoms with E-state index in [0.29, 0.717) is 10.7 Å². The summed E-state index contributed by atoms with van der Waals surface area (Å²) in [5.41, 5.74) is 0.174. The maximum Gasteiger partial charge on any atom is 0.275 e. The summed E-state index contributed by atoms with van der Waals surface area (Å²) in [5, 5.41) is 2.93. The minimum atomic E-state index is -0.635. The molecule has 21 heavy (non-hydrogen) atoms. The fourth-order valence-electron chi connectivity index (χ4n) is 1.41. The van der Waals surface area contributed by atoms with Crippen molar-refractivity contribution < 1.29 is 4.79 Å². The lowest BCUT2D eigenvalue weighted by Gasteiger charge is -2.10. The van der Waals surface area contributed by atoms with Crippen LogP contribution in [0.15, 0.2) is 18.2 Å². The van der Waals surface area contributed by atoms with Crippen molar-refractivity contribution >= 4 is 81.2 Å². The highest BCUT2D eigenvalue weighted by Crippen LogP contribution is 2.36. The zero-order chi connectivity index (χ0) is 15.7. The van der Waals surface area contributed by atoms with Gasteiger partial charge in [-0.05, 0) is 18.2 Å². The standard InChI is InChI=1S/C12H4Cl6N2O/c13-4-1-2-6(5(14)3-4)19-12(21)10-8(16)7(15)9(17)11(18)20-10/h1-3H,(H,19,21). The van der Waals surface area contributed by atoms with Gasteiger partial charge in [-0.1, -0.05) is 69.6 Å². The topological polar surface area (TPSA) is 42.0 Å². The minimum absolute atomic E-state index is 0.0237. The third-order valence-electron chi connectivity index (χ3n) is 2.38. The fourth-order valence-corrected chi connectivity index (χ4v) is 2.68. The van der Waals surface area contributed by atoms with E-state index in [2.05, 4.69) is 10.3 Å². The Morgan fingerprint density at radius 3 is 2.24 bits per heavy atom. The smallest absolute Gasteiger partial charge is 0.275 e. The molecule has 1 aromatic heterocycles. The van der Waals surface area contributed by atoms with E-state index in [0.717, 1.165) is 0 Å². The zero-order valence-corrected chi connectivity index (χ0v) is 14.4. The van der Waals surface area contributed by atoms with Gasteiger partial charge < -0.3 is 5.32 Å². The van der Waals surface area contributed by atoms with E-state index in [9.17, 15) is 4.79 Å². The Balaban J connectivity index is 2.37. The Hall–Kier alpha value is -0.420. The van der Waals surface area contributed by atoms with E-state index < -0.39 is 5.91 Å². The van der Waals surface area contributed by atoms with Gasteiger partial charge in [0.1, 0.15) is 10.8 Å². The quantitative estimate of drug-likeness (QED) is 0.600. The lowest BCUT2D eigenvalue weighted by Crippen LogP contribution is -2.15. The molecule has 1 amide bonds. The first kappa shape index (κ1) is 16.9. The van der Waals surface area contributed by atoms with Crippen molar-refractivity contribution in [3.05, 3.63) is 54.2 Å². The Labute approximate surface area is 150 Å². The van der Waals surface area contributed by atoms with E-state index >= 15 is 0 Å². The predicted molar refractivity (Wildman–Crippen MR) is 88.7 cm³/mol. The molecule has 0 saturated carbocycles. The van der Waals surface area contributed by atoms with Gasteiger partial charge in [0.05, 0.1) is 25.8 Å². The van der Waals surface area contributed by atoms with Crippen molar-refractivity contribution in [2.75, 3.05) is 5.32 Å². The number of carbonyl (C=O) groups excluding carboxylic acids is 1. The summed E-state index contributed by atoms with van der Waals surface area (Å²) in [6, 6.07) is 4.59. The van der Waals surface area contributed by atoms with Crippen LogP contribution in [0.3, 0.4) is 0 Å². The Bertz CT molecular complexity index is 734. The SMILES string of the molecule is O=C(Nc1ccc(Cl)cc1Cl)c1nc(Cl)c(Cl)c(Cl)c1Cl. The fraction of sp³-hybridized carbons (Fsp3) is 0. The summed E-state index contributed by atoms with van der Waals surface area (Å²) in [6.45, 7) is 0. The summed E-state index contributed by atoms with van der Waals surface area (Å²) >= 11 is 35.1. The van der Waals surface area contributed by atoms with Crippen molar-refractivity contribution in [1.29, 1.82) is 0 Å². The first-order chi connectivity index (χ1) is 9.81. The number of hydrogen-bond donors (Lipinski definition) is 1. The second-order valence-electron chi connectivity index (χ2n) is 3.77. The van der Waals surface area contributed by atoms with E-state index in [1.807, 2.05) is 0 Å². The first-order valence-electron chi connectivity index (χ1n) is 5.27. The van der Waals surface area contributed by atoms with Crippen LogP contribution in [-0.4, -0.2) is 10.9 Å². The maximum absolute atomic E-state index is 12.2. The number of benzene rings is 1. The Morgan fingerprint density at radius 1 is 0.952 bits per heavy atom. The van der Waals surface area contributed by atoms with Gasteiger partial charge in [0.25, 0.3) is 5.91 Å². The van der Waals surface area contributed by atoms with Crippen LogP contribution in [0.5, 0.6) is 0 Å². The van der Waals surface area contributed by atoms with Crippen molar-refractivity contribution in [3.8, 4) is 0 Å². The van der Waals surface area contributed by atoms with Gasteiger partial charge in [-0.25, -0.2) is 4.98 Å². The monoisotopic (exact) mass is 402 g/mol. The molecule has 0 bridgehead atoms. The van der Waals surface area contributed by atoms with Crippen LogP contribution >= 0.6 is 69.6 Å². The number of halogens is 6. The molecule has 0 atom stereocenters. The molecule has 0 aliphatic heterocycles. The minimum Gasteiger partial charge on any atom is -0.319 e. The summed E-state index contributed by atoms with van der Waals surface area (Å²) < 4.78 is 0. The summed E-state index contributed by atoms with van der Waals surface area (Å²) in [4.78, 5) is 16.0. The lowest BCUT2D eigenvalue weighted by molar-refractivity contribution is 0.102. The molecule has 2 rings (SSSR count). The highest BCUT2D eigenvalue weighted by molar-refractivity contribution is 6.52. The summed E-state index contributed by atoms with van der Waals surface area (Å²) in [7, 11) is 0. The molecular weight excluding hydrogens is 401 g/mol. The molecule has 0 unspecified atom stereocenters. The number of nitrogens with one attached hydrogen (secondary N) is 1. The largest absolute Gasteiger partial charge is 0.319 e. The highest BCUT2D eigenvalue weighted by atomic mass is 35.5. The molecule has 0 radical (unpaired) electrons. The van der Waals surface area contributed by atoms with E-state index in [1.165, 1.54) is 12.1 Å². The molecule has 0 aliphatic rings. The number of amides is 1. The molecule has 0 spiro atoms. The van der Waals surface area contributed by atoms with E-state index in [-0.39, 0.29) is 30.9 Å². The molecule has 3 nitrogen and oxygen atoms in total. The number of carbonyl (C=O) groups is 1. The van der Waals surface area contributed by atoms with Crippen LogP contribution in [0.1, 0.15) is 10.5 Å². The predicted octanol–water partition coefficient (Wildman–Crippen LogP) is 6.25. The molecule has 110 valence electrons. The second kappa shape index (κ2) is 6.78. The van der Waals surface area contributed by atoms with Gasteiger partial charge >= 0.3 is 0 Å². The van der Waals surface area contributed by atoms with Gasteiger partial charge in [0, 0.05) is 5.02 Å². The number of hydrogen-bond acceptors (Lipinski definition) is 2. The maximum atomic E-state index is 12.2. The summed E-state index contributed by atoms with van der Waals surface area (Å²) in [5.74, 6) is -0.635. The average molecular weight is 405 g/mol. The number of rotatable bonds is 2. The van der Waals surface area contributed by atoms with Crippen LogP contribution < -0.4 is 5.32 Å². The van der Waals surface area contributed by atoms with Crippen LogP contribution in [0.25, 0.3) is 0 Å². The van der Waals surface area contributed by atoms with Gasteiger partial charge in [-0.15, -0.1) is 0 Å². The molecule has 0 fully saturated rings. The number of nitrogens with zero attached hydrogens (tertiary/aromatic N) is 1. The third-order valence-corrected chi connectivity index (χ3v) is 4.60. The first-order valence-corrected chi connectivity index (χ1v) is 7.54. The molecule has 1 heterocycles. The van der Waals surface area contributed by atoms with Crippen molar-refractivity contribution in [1.82, 2.24) is 4.98 Å². The average Bonchev–Trinajstić information content (AvgIpc) is 2.43. The van der Waals surface area contributed by atoms with Gasteiger partial charge in [-0.3, -0.25) is 4.79 Å². The molecule has 0 saturated heterocycles. The van der Waals surface area contributed by atoms with Crippen molar-refractivity contribution in [2.45, 2.75) is 0 Å². The molecule has 1 N–H and O–H groups in total. The Kier molecular flexibility index (Phi) is 5.47. The van der Waals surface area contributed by atoms with Crippen LogP contribution in [0, 0.1) is 0 Å². The molecule has 0 aliphatic carbocycles. The second-order valence-corrected chi connectivity index (χ2v) is 6.11. The van der Waals surface area contributed by atoms with Crippen LogP contribution in [0.2, 0.25) is 30.3 Å². The van der Waals surface area contributed by atoms with Crippen LogP contribution in [-0.2, 0) is 0 Å². The number of pyridine rings is 1. The van der Waals surface area contributed by atoms with Gasteiger partial charge in [0.2, 0.25) is 0 Å². The normalized spacial score (nSPS) is 10.6. The van der Waals surface area contributed by atoms with Gasteiger partial charge in [-0.2, -0.15) is 0 Å². The Morgan fingerprint density at radius 2 is 1.62 bits per heavy atom. The van der Waals surface area contributed by atoms with Crippen molar-refractivity contribution in [2.24, 2.45) is 0 Å². The molecular formula is C12H4Cl6N2O. The number of anilines is 1. The molecule has 2 aromatic rings. The highest BCUT2D eigenvalue weighted by Gasteiger charge is 2.20.